The van der Waals surface area contributed by atoms with Gasteiger partial charge in [-0.15, -0.1) is 0 Å². The summed E-state index contributed by atoms with van der Waals surface area (Å²) in [5.74, 6) is 1.62. The van der Waals surface area contributed by atoms with Crippen molar-refractivity contribution in [1.82, 2.24) is 5.32 Å². The Morgan fingerprint density at radius 2 is 2.18 bits per heavy atom. The molecule has 1 aliphatic heterocycles. The molecule has 1 fully saturated rings. The molecule has 0 bridgehead atoms. The molecule has 0 unspecified atom stereocenters. The van der Waals surface area contributed by atoms with Crippen LogP contribution >= 0.6 is 35.6 Å². The number of methoxy groups -OCH3 is 1. The maximum atomic E-state index is 11.6. The molecule has 4 nitrogen and oxygen atoms in total. The highest BCUT2D eigenvalue weighted by Crippen LogP contribution is 2.32. The fourth-order valence-corrected chi connectivity index (χ4v) is 3.24. The average molecular weight is 352 g/mol. The van der Waals surface area contributed by atoms with E-state index in [2.05, 4.69) is 5.32 Å². The largest absolute Gasteiger partial charge is 0.495 e. The Hall–Kier alpha value is -1.76. The van der Waals surface area contributed by atoms with E-state index in [1.807, 2.05) is 12.1 Å². The van der Waals surface area contributed by atoms with E-state index in [0.29, 0.717) is 31.5 Å². The smallest absolute Gasteiger partial charge is 0.263 e. The number of hydrogen-bond donors (Lipinski definition) is 1. The zero-order valence-electron chi connectivity index (χ0n) is 11.4. The molecule has 0 aliphatic carbocycles. The molecule has 1 amide bonds. The molecular formula is C15H10ClNO3S2. The van der Waals surface area contributed by atoms with Crippen LogP contribution in [0.15, 0.2) is 39.7 Å². The van der Waals surface area contributed by atoms with Crippen LogP contribution in [-0.2, 0) is 4.79 Å². The van der Waals surface area contributed by atoms with E-state index in [4.69, 9.17) is 33.0 Å². The van der Waals surface area contributed by atoms with E-state index in [1.165, 1.54) is 11.8 Å². The zero-order chi connectivity index (χ0) is 15.7. The van der Waals surface area contributed by atoms with Gasteiger partial charge in [0.25, 0.3) is 5.91 Å². The number of carbonyl (C=O) groups is 1. The maximum Gasteiger partial charge on any atom is 0.263 e. The van der Waals surface area contributed by atoms with Gasteiger partial charge in [-0.1, -0.05) is 35.6 Å². The molecule has 0 saturated carbocycles. The van der Waals surface area contributed by atoms with Crippen molar-refractivity contribution in [3.05, 3.63) is 46.0 Å². The van der Waals surface area contributed by atoms with E-state index in [9.17, 15) is 4.79 Å². The lowest BCUT2D eigenvalue weighted by molar-refractivity contribution is -0.115. The summed E-state index contributed by atoms with van der Waals surface area (Å²) < 4.78 is 11.3. The quantitative estimate of drug-likeness (QED) is 0.666. The first-order chi connectivity index (χ1) is 10.6. The maximum absolute atomic E-state index is 11.6. The third-order valence-corrected chi connectivity index (χ3v) is 4.44. The fourth-order valence-electron chi connectivity index (χ4n) is 1.96. The topological polar surface area (TPSA) is 51.5 Å². The van der Waals surface area contributed by atoms with Gasteiger partial charge in [0.2, 0.25) is 0 Å². The molecule has 2 aromatic rings. The average Bonchev–Trinajstić information content (AvgIpc) is 3.06. The standard InChI is InChI=1S/C15H10ClNO3S2/c1-19-12-4-2-8(6-10(12)16)11-5-3-9(20-11)7-13-14(18)17-15(21)22-13/h2-7H,1H3,(H,17,18,21)/b13-7-. The van der Waals surface area contributed by atoms with Crippen LogP contribution < -0.4 is 10.1 Å². The van der Waals surface area contributed by atoms with Crippen LogP contribution in [0.2, 0.25) is 5.02 Å². The number of hydrogen-bond acceptors (Lipinski definition) is 5. The normalized spacial score (nSPS) is 16.2. The molecule has 2 heterocycles. The van der Waals surface area contributed by atoms with Gasteiger partial charge in [-0.3, -0.25) is 4.79 Å². The number of thioether (sulfide) groups is 1. The summed E-state index contributed by atoms with van der Waals surface area (Å²) >= 11 is 12.3. The van der Waals surface area contributed by atoms with Crippen molar-refractivity contribution >= 4 is 51.9 Å². The Balaban J connectivity index is 1.88. The Morgan fingerprint density at radius 1 is 1.36 bits per heavy atom. The van der Waals surface area contributed by atoms with Crippen LogP contribution in [0.3, 0.4) is 0 Å². The summed E-state index contributed by atoms with van der Waals surface area (Å²) in [6.45, 7) is 0. The molecule has 0 atom stereocenters. The number of thiocarbonyl (C=S) groups is 1. The van der Waals surface area contributed by atoms with E-state index >= 15 is 0 Å². The van der Waals surface area contributed by atoms with Crippen molar-refractivity contribution in [2.75, 3.05) is 7.11 Å². The molecule has 7 heteroatoms. The molecule has 1 aromatic heterocycles. The second kappa shape index (κ2) is 6.16. The van der Waals surface area contributed by atoms with Crippen LogP contribution in [0.25, 0.3) is 17.4 Å². The summed E-state index contributed by atoms with van der Waals surface area (Å²) in [4.78, 5) is 12.1. The van der Waals surface area contributed by atoms with Crippen LogP contribution in [0.5, 0.6) is 5.75 Å². The predicted octanol–water partition coefficient (Wildman–Crippen LogP) is 4.10. The van der Waals surface area contributed by atoms with Crippen molar-refractivity contribution in [1.29, 1.82) is 0 Å². The monoisotopic (exact) mass is 351 g/mol. The molecule has 0 radical (unpaired) electrons. The highest BCUT2D eigenvalue weighted by Gasteiger charge is 2.22. The summed E-state index contributed by atoms with van der Waals surface area (Å²) in [7, 11) is 1.56. The van der Waals surface area contributed by atoms with Crippen molar-refractivity contribution in [2.24, 2.45) is 0 Å². The molecule has 1 saturated heterocycles. The Morgan fingerprint density at radius 3 is 2.82 bits per heavy atom. The van der Waals surface area contributed by atoms with E-state index < -0.39 is 0 Å². The Bertz CT molecular complexity index is 798. The van der Waals surface area contributed by atoms with E-state index in [1.54, 1.807) is 31.4 Å². The lowest BCUT2D eigenvalue weighted by atomic mass is 10.2. The highest BCUT2D eigenvalue weighted by molar-refractivity contribution is 8.26. The summed E-state index contributed by atoms with van der Waals surface area (Å²) in [5.41, 5.74) is 0.828. The number of nitrogens with one attached hydrogen (secondary N) is 1. The predicted molar refractivity (Wildman–Crippen MR) is 92.0 cm³/mol. The fraction of sp³-hybridized carbons (Fsp3) is 0.0667. The van der Waals surface area contributed by atoms with Crippen LogP contribution in [-0.4, -0.2) is 17.3 Å². The first-order valence-electron chi connectivity index (χ1n) is 6.25. The molecule has 1 aliphatic rings. The first kappa shape index (κ1) is 15.1. The Kier molecular flexibility index (Phi) is 4.24. The van der Waals surface area contributed by atoms with Crippen molar-refractivity contribution in [3.63, 3.8) is 0 Å². The number of halogens is 1. The molecule has 1 N–H and O–H groups in total. The van der Waals surface area contributed by atoms with Crippen molar-refractivity contribution in [2.45, 2.75) is 0 Å². The molecule has 22 heavy (non-hydrogen) atoms. The molecule has 0 spiro atoms. The molecule has 112 valence electrons. The van der Waals surface area contributed by atoms with Gasteiger partial charge >= 0.3 is 0 Å². The minimum atomic E-state index is -0.208. The molecule has 1 aromatic carbocycles. The number of ether oxygens (including phenoxy) is 1. The minimum Gasteiger partial charge on any atom is -0.495 e. The highest BCUT2D eigenvalue weighted by atomic mass is 35.5. The number of rotatable bonds is 3. The lowest BCUT2D eigenvalue weighted by Gasteiger charge is -2.04. The molecular weight excluding hydrogens is 342 g/mol. The summed E-state index contributed by atoms with van der Waals surface area (Å²) in [6.07, 6.45) is 1.66. The third kappa shape index (κ3) is 3.04. The van der Waals surface area contributed by atoms with Gasteiger partial charge in [-0.25, -0.2) is 0 Å². The van der Waals surface area contributed by atoms with Crippen molar-refractivity contribution < 1.29 is 13.9 Å². The van der Waals surface area contributed by atoms with E-state index in [0.717, 1.165) is 5.56 Å². The second-order valence-electron chi connectivity index (χ2n) is 4.40. The van der Waals surface area contributed by atoms with Gasteiger partial charge in [0.1, 0.15) is 21.6 Å². The molecule has 3 rings (SSSR count). The van der Waals surface area contributed by atoms with Gasteiger partial charge in [-0.2, -0.15) is 0 Å². The number of carbonyl (C=O) groups excluding carboxylic acids is 1. The van der Waals surface area contributed by atoms with E-state index in [-0.39, 0.29) is 5.91 Å². The number of amides is 1. The first-order valence-corrected chi connectivity index (χ1v) is 7.85. The van der Waals surface area contributed by atoms with Crippen molar-refractivity contribution in [3.8, 4) is 17.1 Å². The number of furan rings is 1. The lowest BCUT2D eigenvalue weighted by Crippen LogP contribution is -2.17. The van der Waals surface area contributed by atoms with Gasteiger partial charge in [0.05, 0.1) is 17.0 Å². The zero-order valence-corrected chi connectivity index (χ0v) is 13.8. The minimum absolute atomic E-state index is 0.208. The van der Waals surface area contributed by atoms with Crippen LogP contribution in [0.1, 0.15) is 5.76 Å². The third-order valence-electron chi connectivity index (χ3n) is 2.98. The van der Waals surface area contributed by atoms with Gasteiger partial charge in [-0.05, 0) is 30.3 Å². The summed E-state index contributed by atoms with van der Waals surface area (Å²) in [5, 5.41) is 3.07. The second-order valence-corrected chi connectivity index (χ2v) is 6.53. The van der Waals surface area contributed by atoms with Gasteiger partial charge in [0, 0.05) is 11.6 Å². The Labute approximate surface area is 141 Å². The number of benzene rings is 1. The van der Waals surface area contributed by atoms with Gasteiger partial charge in [0.15, 0.2) is 0 Å². The van der Waals surface area contributed by atoms with Crippen LogP contribution in [0, 0.1) is 0 Å². The SMILES string of the molecule is COc1ccc(-c2ccc(/C=C3\SC(=S)NC3=O)o2)cc1Cl. The van der Waals surface area contributed by atoms with Gasteiger partial charge < -0.3 is 14.5 Å². The van der Waals surface area contributed by atoms with Crippen LogP contribution in [0.4, 0.5) is 0 Å². The summed E-state index contributed by atoms with van der Waals surface area (Å²) in [6, 6.07) is 9.00.